The second-order valence-electron chi connectivity index (χ2n) is 26.8. The number of halogens is 4. The summed E-state index contributed by atoms with van der Waals surface area (Å²) >= 11 is 0. The average Bonchev–Trinajstić information content (AvgIpc) is 0.836. The van der Waals surface area contributed by atoms with Gasteiger partial charge in [0.1, 0.15) is 5.75 Å². The van der Waals surface area contributed by atoms with E-state index in [1.54, 1.807) is 46.8 Å². The Morgan fingerprint density at radius 1 is 0.315 bits per heavy atom. The monoisotopic (exact) mass is 1890 g/mol. The van der Waals surface area contributed by atoms with E-state index in [-0.39, 0.29) is 58.1 Å². The van der Waals surface area contributed by atoms with Crippen LogP contribution in [0, 0.1) is 102 Å². The zero-order valence-electron chi connectivity index (χ0n) is 69.7. The third-order valence-corrected chi connectivity index (χ3v) is 29.2. The first kappa shape index (κ1) is 105. The Morgan fingerprint density at radius 2 is 0.460 bits per heavy atom. The normalized spacial score (nSPS) is 10.0. The van der Waals surface area contributed by atoms with Crippen LogP contribution in [-0.2, 0) is 50.0 Å². The maximum atomic E-state index is 12.1. The van der Waals surface area contributed by atoms with Gasteiger partial charge < -0.3 is 33.0 Å². The van der Waals surface area contributed by atoms with Gasteiger partial charge in [-0.15, -0.1) is 12.4 Å². The van der Waals surface area contributed by atoms with Gasteiger partial charge in [0, 0.05) is 20.4 Å². The van der Waals surface area contributed by atoms with E-state index in [0.717, 1.165) is 11.1 Å². The van der Waals surface area contributed by atoms with Gasteiger partial charge in [-0.05, 0) is 232 Å². The van der Waals surface area contributed by atoms with Crippen molar-refractivity contribution in [2.75, 3.05) is 0 Å². The maximum absolute atomic E-state index is 12.1. The molecule has 124 heavy (non-hydrogen) atoms. The van der Waals surface area contributed by atoms with E-state index in [1.165, 1.54) is 92.5 Å². The van der Waals surface area contributed by atoms with Crippen molar-refractivity contribution in [3.8, 4) is 17.9 Å². The first-order chi connectivity index (χ1) is 58.5. The smallest absolute Gasteiger partial charge is 0.512 e. The van der Waals surface area contributed by atoms with Crippen LogP contribution in [0.5, 0.6) is 5.75 Å². The van der Waals surface area contributed by atoms with Gasteiger partial charge in [0.05, 0.1) is 28.8 Å². The van der Waals surface area contributed by atoms with Crippen LogP contribution in [0.25, 0.3) is 0 Å². The first-order valence-electron chi connectivity index (χ1n) is 38.1. The number of aromatic carboxylic acids is 1. The summed E-state index contributed by atoms with van der Waals surface area (Å²) in [6.45, 7) is 24.1. The number of benzene rings is 15. The van der Waals surface area contributed by atoms with Crippen molar-refractivity contribution in [1.82, 2.24) is 0 Å². The van der Waals surface area contributed by atoms with Gasteiger partial charge in [0.2, 0.25) is 0 Å². The Kier molecular flexibility index (Phi) is 47.1. The minimum atomic E-state index is -5.60. The molecule has 0 radical (unpaired) electrons. The van der Waals surface area contributed by atoms with E-state index in [4.69, 9.17) is 39.3 Å². The molecule has 0 fully saturated rings. The molecule has 15 aromatic rings. The summed E-state index contributed by atoms with van der Waals surface area (Å²) in [4.78, 5) is 10.8. The number of nitrogens with zero attached hydrogens (tertiary/aromatic N) is 4. The predicted octanol–water partition coefficient (Wildman–Crippen LogP) is 21.6. The van der Waals surface area contributed by atoms with E-state index in [0.29, 0.717) is 33.4 Å². The average molecular weight is 1900 g/mol. The number of nitriles is 2. The predicted molar refractivity (Wildman–Crippen MR) is 507 cm³/mol. The summed E-state index contributed by atoms with van der Waals surface area (Å²) in [5, 5.41) is 55.3. The van der Waals surface area contributed by atoms with Gasteiger partial charge in [-0.1, -0.05) is 364 Å². The van der Waals surface area contributed by atoms with Crippen molar-refractivity contribution in [1.29, 1.82) is 21.0 Å². The third kappa shape index (κ3) is 32.3. The Balaban J connectivity index is 0.000000302. The van der Waals surface area contributed by atoms with E-state index in [1.807, 2.05) is 32.0 Å². The maximum Gasteiger partial charge on any atom is 2.00 e. The van der Waals surface area contributed by atoms with Crippen molar-refractivity contribution in [2.24, 2.45) is 0 Å². The molecule has 15 aromatic carbocycles. The molecule has 0 bridgehead atoms. The quantitative estimate of drug-likeness (QED) is 0.0344. The Morgan fingerprint density at radius 3 is 0.597 bits per heavy atom. The second-order valence-corrected chi connectivity index (χ2v) is 37.2. The summed E-state index contributed by atoms with van der Waals surface area (Å²) in [6.07, 6.45) is 0. The van der Waals surface area contributed by atoms with Crippen LogP contribution in [0.15, 0.2) is 400 Å². The van der Waals surface area contributed by atoms with Gasteiger partial charge in [-0.3, -0.25) is 0 Å². The van der Waals surface area contributed by atoms with E-state index in [9.17, 15) is 26.4 Å². The molecule has 0 unspecified atom stereocenters. The fourth-order valence-corrected chi connectivity index (χ4v) is 22.1. The first-order valence-corrected chi connectivity index (χ1v) is 44.9. The van der Waals surface area contributed by atoms with Gasteiger partial charge in [0.15, 0.2) is 0 Å². The minimum Gasteiger partial charge on any atom is -0.512 e. The molecular weight excluding hydrogens is 1810 g/mol. The molecule has 0 heterocycles. The van der Waals surface area contributed by atoms with Crippen molar-refractivity contribution >= 4 is 124 Å². The molecule has 9 nitrogen and oxygen atoms in total. The fourth-order valence-electron chi connectivity index (χ4n) is 12.4. The van der Waals surface area contributed by atoms with E-state index < -0.39 is 53.3 Å². The molecular formula is C104H92ClF3N4O5P4PdSZn. The van der Waals surface area contributed by atoms with Gasteiger partial charge in [-0.25, -0.2) is 4.79 Å². The number of alkyl halides is 3. The van der Waals surface area contributed by atoms with Gasteiger partial charge in [-0.2, -0.15) is 32.1 Å². The number of hydrogen-bond donors (Lipinski definition) is 1. The molecule has 0 aliphatic carbocycles. The number of carbonyl (C=O) groups is 1. The summed E-state index contributed by atoms with van der Waals surface area (Å²) in [5.41, 5.74) is 3.26. The number of rotatable bonds is 15. The van der Waals surface area contributed by atoms with Crippen LogP contribution < -0.4 is 67.8 Å². The molecule has 624 valence electrons. The SMILES string of the molecule is Cc1cc(C#N)cc(C)c1C.Cc1cc(C#N)cc(C)c1C(=O)O.Cc1cc(OS(=O)(=O)C(F)(F)F)cc(C)c1C.Cl.[C-]#N.[C-]#N.[Pd].[Zn+2].c1ccc(P(c2ccccc2)c2ccccc2)cc1.c1ccc(P(c2ccccc2)c2ccccc2)cc1.c1ccc(P(c2ccccc2)c2ccccc2)cc1.c1ccc(P(c2ccccc2)c2ccccc2)cc1. The number of hydrogen-bond acceptors (Lipinski definition) is 8. The Hall–Kier alpha value is -11.4. The van der Waals surface area contributed by atoms with Crippen LogP contribution in [0.1, 0.15) is 66.0 Å². The Labute approximate surface area is 767 Å². The Bertz CT molecular complexity index is 4980. The van der Waals surface area contributed by atoms with E-state index >= 15 is 0 Å². The number of carboxylic acids is 1. The summed E-state index contributed by atoms with van der Waals surface area (Å²) < 4.78 is 61.9. The molecule has 0 saturated carbocycles. The standard InChI is InChI=1S/4C18H15P.C10H11F3O3S.C10H9NO2.C10H11N.2CN.ClH.Pd.Zn/c4*1-4-10-16(11-5-1)19(17-12-6-2-7-13-17)18-14-8-3-9-15-18;1-6-4-9(5-7(2)8(6)3)16-17(14,15)10(11,12)13;1-6-3-8(5-11)4-7(2)9(6)10(12)13;1-7-4-10(6-11)5-8(2)9(7)3;2*1-2;;;/h4*1-15H;4-5H,1-3H3;3-4H,1-2H3,(H,12,13);4-5H,1-3H3;;;1H;;/q;;;;;;;2*-1;;;+2. The minimum absolute atomic E-state index is 0. The van der Waals surface area contributed by atoms with Gasteiger partial charge >= 0.3 is 41.1 Å². The fraction of sp³-hybridized carbons (Fsp3) is 0.0865. The van der Waals surface area contributed by atoms with Crippen LogP contribution in [0.3, 0.4) is 0 Å². The molecule has 15 rings (SSSR count). The summed E-state index contributed by atoms with van der Waals surface area (Å²) in [6, 6.07) is 143. The number of aryl methyl sites for hydroxylation is 6. The van der Waals surface area contributed by atoms with Crippen molar-refractivity contribution in [3.05, 3.63) is 475 Å². The van der Waals surface area contributed by atoms with Crippen molar-refractivity contribution in [2.45, 2.75) is 60.9 Å². The molecule has 0 spiro atoms. The topological polar surface area (TPSA) is 176 Å². The third-order valence-electron chi connectivity index (χ3n) is 18.5. The molecule has 0 aliphatic heterocycles. The van der Waals surface area contributed by atoms with Crippen molar-refractivity contribution < 1.29 is 75.6 Å². The molecule has 0 amide bonds. The zero-order valence-corrected chi connectivity index (χ0v) is 79.5. The van der Waals surface area contributed by atoms with Crippen LogP contribution in [-0.4, -0.2) is 25.0 Å². The molecule has 20 heteroatoms. The molecule has 0 saturated heterocycles. The second kappa shape index (κ2) is 55.6. The molecule has 0 aliphatic rings. The van der Waals surface area contributed by atoms with Crippen LogP contribution in [0.2, 0.25) is 0 Å². The van der Waals surface area contributed by atoms with Crippen LogP contribution >= 0.6 is 44.1 Å². The summed E-state index contributed by atoms with van der Waals surface area (Å²) in [5.74, 6) is -1.28. The van der Waals surface area contributed by atoms with E-state index in [2.05, 4.69) is 381 Å². The largest absolute Gasteiger partial charge is 2.00 e. The molecule has 0 atom stereocenters. The molecule has 0 aromatic heterocycles. The molecule has 1 N–H and O–H groups in total. The number of carboxylic acid groups (broad SMARTS) is 1. The summed E-state index contributed by atoms with van der Waals surface area (Å²) in [7, 11) is -7.38. The van der Waals surface area contributed by atoms with Crippen molar-refractivity contribution in [3.63, 3.8) is 0 Å². The zero-order chi connectivity index (χ0) is 87.5. The van der Waals surface area contributed by atoms with Gasteiger partial charge in [0.25, 0.3) is 0 Å². The van der Waals surface area contributed by atoms with Crippen LogP contribution in [0.4, 0.5) is 13.2 Å².